The first-order valence-electron chi connectivity index (χ1n) is 16.6. The molecule has 2 aliphatic rings. The quantitative estimate of drug-likeness (QED) is 0.0519. The summed E-state index contributed by atoms with van der Waals surface area (Å²) in [4.78, 5) is 26.0. The van der Waals surface area contributed by atoms with Gasteiger partial charge in [-0.15, -0.1) is 0 Å². The number of aromatic hydroxyl groups is 6. The van der Waals surface area contributed by atoms with E-state index < -0.39 is 132 Å². The van der Waals surface area contributed by atoms with E-state index in [0.717, 1.165) is 30.3 Å². The Kier molecular flexibility index (Phi) is 11.6. The summed E-state index contributed by atoms with van der Waals surface area (Å²) >= 11 is 0. The monoisotopic (exact) mass is 788 g/mol. The first-order valence-corrected chi connectivity index (χ1v) is 16.6. The lowest BCUT2D eigenvalue weighted by Crippen LogP contribution is -2.62. The third-order valence-electron chi connectivity index (χ3n) is 8.95. The molecular formula is C36H36O20. The van der Waals surface area contributed by atoms with Gasteiger partial charge in [0.25, 0.3) is 0 Å². The summed E-state index contributed by atoms with van der Waals surface area (Å²) in [6.45, 7) is -1.43. The van der Waals surface area contributed by atoms with Gasteiger partial charge in [-0.1, -0.05) is 6.07 Å². The van der Waals surface area contributed by atoms with E-state index in [9.17, 15) is 70.9 Å². The van der Waals surface area contributed by atoms with Crippen molar-refractivity contribution in [1.29, 1.82) is 0 Å². The number of phenolic OH excluding ortho intramolecular Hbond substituents is 6. The second-order valence-electron chi connectivity index (χ2n) is 12.8. The molecule has 0 spiro atoms. The molecule has 2 saturated heterocycles. The van der Waals surface area contributed by atoms with Gasteiger partial charge in [0.15, 0.2) is 35.0 Å². The number of esters is 1. The van der Waals surface area contributed by atoms with Gasteiger partial charge in [0.2, 0.25) is 17.5 Å². The van der Waals surface area contributed by atoms with Crippen LogP contribution in [0.4, 0.5) is 0 Å². The van der Waals surface area contributed by atoms with Crippen molar-refractivity contribution in [1.82, 2.24) is 0 Å². The average Bonchev–Trinajstić information content (AvgIpc) is 3.15. The van der Waals surface area contributed by atoms with Crippen LogP contribution in [0, 0.1) is 0 Å². The highest BCUT2D eigenvalue weighted by Gasteiger charge is 2.48. The fourth-order valence-corrected chi connectivity index (χ4v) is 5.90. The first kappa shape index (κ1) is 40.0. The molecule has 20 nitrogen and oxygen atoms in total. The lowest BCUT2D eigenvalue weighted by molar-refractivity contribution is -0.323. The van der Waals surface area contributed by atoms with E-state index in [1.54, 1.807) is 0 Å². The number of carbonyl (C=O) groups is 1. The molecule has 56 heavy (non-hydrogen) atoms. The van der Waals surface area contributed by atoms with Crippen molar-refractivity contribution >= 4 is 23.0 Å². The highest BCUT2D eigenvalue weighted by molar-refractivity contribution is 5.88. The van der Waals surface area contributed by atoms with Gasteiger partial charge < -0.3 is 89.4 Å². The molecule has 1 aromatic heterocycles. The Morgan fingerprint density at radius 3 is 1.93 bits per heavy atom. The van der Waals surface area contributed by atoms with Crippen molar-refractivity contribution in [2.24, 2.45) is 0 Å². The van der Waals surface area contributed by atoms with Crippen molar-refractivity contribution < 1.29 is 94.2 Å². The number of aliphatic hydroxyl groups excluding tert-OH is 6. The molecule has 3 aromatic carbocycles. The molecule has 3 heterocycles. The SMILES string of the molecule is O=C(/C=C/c1ccc(O)c(O)c1)OC[C@H]1O[C@@H](OC[C@H]2O[C@@H](Oc3c(-c4ccc(O)c(O)c4)oc4cc(O)cc(O)c4c3=O)[C@H](O)[C@@H](O)[C@@H]2O)[C@H](O)[C@@H](O)[C@@H]1O. The van der Waals surface area contributed by atoms with Crippen LogP contribution in [-0.2, 0) is 23.7 Å². The lowest BCUT2D eigenvalue weighted by atomic mass is 9.98. The van der Waals surface area contributed by atoms with Crippen molar-refractivity contribution in [2.75, 3.05) is 13.2 Å². The van der Waals surface area contributed by atoms with Crippen LogP contribution in [-0.4, -0.2) is 142 Å². The van der Waals surface area contributed by atoms with E-state index in [1.165, 1.54) is 30.3 Å². The molecule has 0 aliphatic carbocycles. The number of carbonyl (C=O) groups excluding carboxylic acids is 1. The maximum atomic E-state index is 13.7. The minimum Gasteiger partial charge on any atom is -0.508 e. The Morgan fingerprint density at radius 1 is 0.661 bits per heavy atom. The normalized spacial score (nSPS) is 28.0. The van der Waals surface area contributed by atoms with Crippen molar-refractivity contribution in [2.45, 2.75) is 61.4 Å². The Balaban J connectivity index is 1.18. The smallest absolute Gasteiger partial charge is 0.330 e. The number of phenols is 6. The zero-order valence-electron chi connectivity index (χ0n) is 28.6. The van der Waals surface area contributed by atoms with Gasteiger partial charge in [-0.3, -0.25) is 4.79 Å². The van der Waals surface area contributed by atoms with Crippen molar-refractivity contribution in [3.8, 4) is 51.6 Å². The second kappa shape index (κ2) is 16.2. The van der Waals surface area contributed by atoms with Crippen molar-refractivity contribution in [3.05, 3.63) is 70.4 Å². The minimum atomic E-state index is -2.06. The fraction of sp³-hybridized carbons (Fsp3) is 0.333. The Hall–Kier alpha value is -5.68. The van der Waals surface area contributed by atoms with Crippen LogP contribution in [0.25, 0.3) is 28.4 Å². The molecular weight excluding hydrogens is 752 g/mol. The molecule has 0 radical (unpaired) electrons. The van der Waals surface area contributed by atoms with Gasteiger partial charge in [0, 0.05) is 23.8 Å². The van der Waals surface area contributed by atoms with Gasteiger partial charge in [0.05, 0.1) is 6.61 Å². The molecule has 2 fully saturated rings. The summed E-state index contributed by atoms with van der Waals surface area (Å²) in [7, 11) is 0. The third-order valence-corrected chi connectivity index (χ3v) is 8.95. The molecule has 6 rings (SSSR count). The number of fused-ring (bicyclic) bond motifs is 1. The largest absolute Gasteiger partial charge is 0.508 e. The molecule has 300 valence electrons. The van der Waals surface area contributed by atoms with E-state index in [1.807, 2.05) is 0 Å². The maximum Gasteiger partial charge on any atom is 0.330 e. The standard InChI is InChI=1S/C36H36O20/c37-15-9-20(42)25-21(10-15)53-33(14-3-5-17(39)19(41)8-14)34(28(25)46)56-36-32(50)30(48)27(45)23(55-36)12-52-35-31(49)29(47)26(44)22(54-35)11-51-24(43)6-2-13-1-4-16(38)18(40)7-13/h1-10,22-23,26-27,29-32,35-42,44-45,47-50H,11-12H2/b6-2+/t22-,23-,26-,27-,29+,30+,31-,32-,35-,36+/m1/s1. The fourth-order valence-electron chi connectivity index (χ4n) is 5.90. The number of hydrogen-bond donors (Lipinski definition) is 12. The van der Waals surface area contributed by atoms with E-state index >= 15 is 0 Å². The lowest BCUT2D eigenvalue weighted by Gasteiger charge is -2.42. The van der Waals surface area contributed by atoms with E-state index in [2.05, 4.69) is 0 Å². The summed E-state index contributed by atoms with van der Waals surface area (Å²) in [5.41, 5.74) is -1.17. The predicted octanol–water partition coefficient (Wildman–Crippen LogP) is -1.04. The second-order valence-corrected chi connectivity index (χ2v) is 12.8. The van der Waals surface area contributed by atoms with Gasteiger partial charge in [-0.05, 0) is 42.0 Å². The van der Waals surface area contributed by atoms with Gasteiger partial charge in [-0.25, -0.2) is 4.79 Å². The molecule has 10 atom stereocenters. The molecule has 0 bridgehead atoms. The van der Waals surface area contributed by atoms with Crippen LogP contribution in [0.2, 0.25) is 0 Å². The van der Waals surface area contributed by atoms with Gasteiger partial charge in [0.1, 0.15) is 77.9 Å². The zero-order chi connectivity index (χ0) is 40.6. The van der Waals surface area contributed by atoms with Crippen molar-refractivity contribution in [3.63, 3.8) is 0 Å². The maximum absolute atomic E-state index is 13.7. The topological polar surface area (TPSA) is 336 Å². The van der Waals surface area contributed by atoms with Crippen LogP contribution >= 0.6 is 0 Å². The number of rotatable bonds is 10. The number of ether oxygens (including phenoxy) is 5. The number of hydrogen-bond acceptors (Lipinski definition) is 20. The van der Waals surface area contributed by atoms with Crippen LogP contribution < -0.4 is 10.2 Å². The molecule has 2 aliphatic heterocycles. The summed E-state index contributed by atoms with van der Waals surface area (Å²) in [6.07, 6.45) is -16.3. The van der Waals surface area contributed by atoms with Crippen LogP contribution in [0.1, 0.15) is 5.56 Å². The van der Waals surface area contributed by atoms with Gasteiger partial charge >= 0.3 is 5.97 Å². The molecule has 0 saturated carbocycles. The third kappa shape index (κ3) is 8.14. The van der Waals surface area contributed by atoms with E-state index in [0.29, 0.717) is 5.56 Å². The summed E-state index contributed by atoms with van der Waals surface area (Å²) in [5, 5.41) is 123. The number of benzene rings is 3. The summed E-state index contributed by atoms with van der Waals surface area (Å²) in [5.74, 6) is -5.36. The van der Waals surface area contributed by atoms with E-state index in [-0.39, 0.29) is 16.9 Å². The molecule has 0 amide bonds. The van der Waals surface area contributed by atoms with E-state index in [4.69, 9.17) is 28.1 Å². The average molecular weight is 789 g/mol. The highest BCUT2D eigenvalue weighted by atomic mass is 16.7. The molecule has 20 heteroatoms. The Labute approximate surface area is 313 Å². The molecule has 4 aromatic rings. The first-order chi connectivity index (χ1) is 26.5. The highest BCUT2D eigenvalue weighted by Crippen LogP contribution is 2.39. The van der Waals surface area contributed by atoms with Crippen LogP contribution in [0.3, 0.4) is 0 Å². The van der Waals surface area contributed by atoms with Crippen LogP contribution in [0.15, 0.2) is 63.8 Å². The summed E-state index contributed by atoms with van der Waals surface area (Å²) in [6, 6.07) is 8.84. The zero-order valence-corrected chi connectivity index (χ0v) is 28.6. The summed E-state index contributed by atoms with van der Waals surface area (Å²) < 4.78 is 33.3. The number of aliphatic hydroxyl groups is 6. The predicted molar refractivity (Wildman–Crippen MR) is 184 cm³/mol. The Bertz CT molecular complexity index is 2170. The molecule has 12 N–H and O–H groups in total. The van der Waals surface area contributed by atoms with Crippen LogP contribution in [0.5, 0.6) is 40.2 Å². The minimum absolute atomic E-state index is 0.0824. The van der Waals surface area contributed by atoms with Gasteiger partial charge in [-0.2, -0.15) is 0 Å². The molecule has 0 unspecified atom stereocenters. The Morgan fingerprint density at radius 2 is 1.27 bits per heavy atom.